The van der Waals surface area contributed by atoms with E-state index in [9.17, 15) is 9.59 Å². The van der Waals surface area contributed by atoms with Crippen molar-refractivity contribution in [3.8, 4) is 11.1 Å². The van der Waals surface area contributed by atoms with Gasteiger partial charge in [-0.1, -0.05) is 60.2 Å². The van der Waals surface area contributed by atoms with Crippen molar-refractivity contribution in [3.63, 3.8) is 0 Å². The molecule has 0 spiro atoms. The van der Waals surface area contributed by atoms with Gasteiger partial charge in [0.2, 0.25) is 5.91 Å². The Kier molecular flexibility index (Phi) is 5.30. The summed E-state index contributed by atoms with van der Waals surface area (Å²) in [6.45, 7) is 6.00. The average Bonchev–Trinajstić information content (AvgIpc) is 3.14. The summed E-state index contributed by atoms with van der Waals surface area (Å²) in [5.41, 5.74) is 4.71. The van der Waals surface area contributed by atoms with E-state index in [-0.39, 0.29) is 18.0 Å². The summed E-state index contributed by atoms with van der Waals surface area (Å²) in [6, 6.07) is 19.9. The second-order valence-corrected chi connectivity index (χ2v) is 9.49. The highest BCUT2D eigenvalue weighted by Gasteiger charge is 2.19. The van der Waals surface area contributed by atoms with E-state index in [0.717, 1.165) is 43.6 Å². The summed E-state index contributed by atoms with van der Waals surface area (Å²) in [6.07, 6.45) is 1.47. The molecule has 5 nitrogen and oxygen atoms in total. The summed E-state index contributed by atoms with van der Waals surface area (Å²) in [5.74, 6) is -0.269. The van der Waals surface area contributed by atoms with Gasteiger partial charge >= 0.3 is 0 Å². The molecule has 0 radical (unpaired) electrons. The number of nitrogens with one attached hydrogen (secondary N) is 1. The Bertz CT molecular complexity index is 1590. The second kappa shape index (κ2) is 8.30. The summed E-state index contributed by atoms with van der Waals surface area (Å²) >= 11 is 1.51. The first-order chi connectivity index (χ1) is 15.9. The second-order valence-electron chi connectivity index (χ2n) is 8.28. The number of benzene rings is 3. The van der Waals surface area contributed by atoms with Crippen molar-refractivity contribution in [3.05, 3.63) is 93.3 Å². The van der Waals surface area contributed by atoms with E-state index in [1.54, 1.807) is 0 Å². The number of anilines is 1. The Morgan fingerprint density at radius 2 is 1.82 bits per heavy atom. The predicted octanol–water partition coefficient (Wildman–Crippen LogP) is 5.84. The van der Waals surface area contributed by atoms with E-state index in [1.807, 2.05) is 63.2 Å². The third-order valence-corrected chi connectivity index (χ3v) is 6.91. The smallest absolute Gasteiger partial charge is 0.263 e. The molecule has 0 saturated carbocycles. The molecule has 0 fully saturated rings. The molecule has 5 aromatic rings. The van der Waals surface area contributed by atoms with Crippen molar-refractivity contribution in [2.24, 2.45) is 0 Å². The largest absolute Gasteiger partial charge is 0.324 e. The summed E-state index contributed by atoms with van der Waals surface area (Å²) in [5, 5.41) is 5.53. The van der Waals surface area contributed by atoms with Gasteiger partial charge in [0.15, 0.2) is 0 Å². The number of amides is 1. The van der Waals surface area contributed by atoms with Crippen molar-refractivity contribution in [2.75, 3.05) is 5.32 Å². The highest BCUT2D eigenvalue weighted by atomic mass is 32.1. The fourth-order valence-electron chi connectivity index (χ4n) is 4.26. The zero-order valence-corrected chi connectivity index (χ0v) is 19.5. The van der Waals surface area contributed by atoms with E-state index in [2.05, 4.69) is 28.5 Å². The number of fused-ring (bicyclic) bond motifs is 2. The molecule has 0 aliphatic carbocycles. The highest BCUT2D eigenvalue weighted by molar-refractivity contribution is 7.19. The molecule has 1 N–H and O–H groups in total. The molecule has 0 bridgehead atoms. The van der Waals surface area contributed by atoms with Gasteiger partial charge < -0.3 is 5.32 Å². The first-order valence-electron chi connectivity index (χ1n) is 10.8. The van der Waals surface area contributed by atoms with Crippen LogP contribution in [0, 0.1) is 20.8 Å². The third-order valence-electron chi connectivity index (χ3n) is 5.89. The monoisotopic (exact) mass is 453 g/mol. The van der Waals surface area contributed by atoms with Gasteiger partial charge in [0.25, 0.3) is 5.56 Å². The van der Waals surface area contributed by atoms with E-state index >= 15 is 0 Å². The van der Waals surface area contributed by atoms with Crippen LogP contribution in [0.3, 0.4) is 0 Å². The number of thiophene rings is 1. The number of carbonyl (C=O) groups is 1. The molecule has 5 rings (SSSR count). The van der Waals surface area contributed by atoms with Crippen LogP contribution in [-0.4, -0.2) is 15.5 Å². The maximum absolute atomic E-state index is 13.5. The van der Waals surface area contributed by atoms with Crippen LogP contribution < -0.4 is 10.9 Å². The molecular weight excluding hydrogens is 430 g/mol. The molecule has 1 amide bonds. The molecule has 2 heterocycles. The normalized spacial score (nSPS) is 11.2. The lowest BCUT2D eigenvalue weighted by molar-refractivity contribution is -0.116. The average molecular weight is 454 g/mol. The molecule has 2 aromatic heterocycles. The first-order valence-corrected chi connectivity index (χ1v) is 11.6. The summed E-state index contributed by atoms with van der Waals surface area (Å²) in [4.78, 5) is 32.6. The van der Waals surface area contributed by atoms with E-state index in [4.69, 9.17) is 0 Å². The van der Waals surface area contributed by atoms with Crippen LogP contribution in [0.15, 0.2) is 71.8 Å². The van der Waals surface area contributed by atoms with E-state index < -0.39 is 0 Å². The number of carbonyl (C=O) groups excluding carboxylic acids is 1. The van der Waals surface area contributed by atoms with Gasteiger partial charge in [0, 0.05) is 21.5 Å². The predicted molar refractivity (Wildman–Crippen MR) is 136 cm³/mol. The van der Waals surface area contributed by atoms with Gasteiger partial charge in [0.05, 0.1) is 11.7 Å². The van der Waals surface area contributed by atoms with E-state index in [1.165, 1.54) is 22.2 Å². The molecular formula is C27H23N3O2S. The molecule has 0 saturated heterocycles. The van der Waals surface area contributed by atoms with Crippen LogP contribution in [0.1, 0.15) is 16.0 Å². The van der Waals surface area contributed by atoms with Gasteiger partial charge in [-0.25, -0.2) is 4.98 Å². The van der Waals surface area contributed by atoms with Crippen LogP contribution in [0.5, 0.6) is 0 Å². The van der Waals surface area contributed by atoms with Crippen molar-refractivity contribution in [1.29, 1.82) is 0 Å². The summed E-state index contributed by atoms with van der Waals surface area (Å²) in [7, 11) is 0. The zero-order chi connectivity index (χ0) is 23.1. The van der Waals surface area contributed by atoms with Crippen LogP contribution in [0.25, 0.3) is 32.1 Å². The molecule has 0 unspecified atom stereocenters. The molecule has 0 aliphatic heterocycles. The number of aryl methyl sites for hydroxylation is 3. The quantitative estimate of drug-likeness (QED) is 0.372. The Balaban J connectivity index is 1.53. The van der Waals surface area contributed by atoms with E-state index in [0.29, 0.717) is 10.2 Å². The van der Waals surface area contributed by atoms with Crippen LogP contribution >= 0.6 is 11.3 Å². The maximum atomic E-state index is 13.5. The Morgan fingerprint density at radius 1 is 1.03 bits per heavy atom. The molecule has 0 atom stereocenters. The number of rotatable bonds is 4. The van der Waals surface area contributed by atoms with Gasteiger partial charge in [-0.2, -0.15) is 0 Å². The molecule has 164 valence electrons. The van der Waals surface area contributed by atoms with Gasteiger partial charge in [0.1, 0.15) is 11.4 Å². The molecule has 33 heavy (non-hydrogen) atoms. The SMILES string of the molecule is Cc1ccc(C)c(-c2c(C)sc3ncn(CC(=O)Nc4cccc5ccccc45)c(=O)c23)c1. The Hall–Kier alpha value is -3.77. The van der Waals surface area contributed by atoms with Crippen LogP contribution in [-0.2, 0) is 11.3 Å². The molecule has 0 aliphatic rings. The standard InChI is InChI=1S/C27H23N3O2S/c1-16-11-12-17(2)21(13-16)24-18(3)33-26-25(24)27(32)30(15-28-26)14-23(31)29-22-10-6-8-19-7-4-5-9-20(19)22/h4-13,15H,14H2,1-3H3,(H,29,31). The van der Waals surface area contributed by atoms with Crippen molar-refractivity contribution in [2.45, 2.75) is 27.3 Å². The van der Waals surface area contributed by atoms with Crippen LogP contribution in [0.2, 0.25) is 0 Å². The minimum Gasteiger partial charge on any atom is -0.324 e. The molecule has 3 aromatic carbocycles. The summed E-state index contributed by atoms with van der Waals surface area (Å²) < 4.78 is 1.39. The van der Waals surface area contributed by atoms with Gasteiger partial charge in [-0.05, 0) is 43.4 Å². The van der Waals surface area contributed by atoms with Gasteiger partial charge in [-0.3, -0.25) is 14.2 Å². The fourth-order valence-corrected chi connectivity index (χ4v) is 5.25. The maximum Gasteiger partial charge on any atom is 0.263 e. The topological polar surface area (TPSA) is 64.0 Å². The zero-order valence-electron chi connectivity index (χ0n) is 18.7. The lowest BCUT2D eigenvalue weighted by Gasteiger charge is -2.11. The van der Waals surface area contributed by atoms with Crippen LogP contribution in [0.4, 0.5) is 5.69 Å². The fraction of sp³-hybridized carbons (Fsp3) is 0.148. The van der Waals surface area contributed by atoms with Crippen molar-refractivity contribution >= 4 is 43.9 Å². The molecule has 6 heteroatoms. The lowest BCUT2D eigenvalue weighted by Crippen LogP contribution is -2.27. The Morgan fingerprint density at radius 3 is 2.67 bits per heavy atom. The number of hydrogen-bond acceptors (Lipinski definition) is 4. The lowest BCUT2D eigenvalue weighted by atomic mass is 9.97. The minimum atomic E-state index is -0.269. The number of hydrogen-bond donors (Lipinski definition) is 1. The first kappa shape index (κ1) is 21.1. The van der Waals surface area contributed by atoms with Crippen molar-refractivity contribution < 1.29 is 4.79 Å². The third kappa shape index (κ3) is 3.83. The van der Waals surface area contributed by atoms with Gasteiger partial charge in [-0.15, -0.1) is 11.3 Å². The minimum absolute atomic E-state index is 0.105. The Labute approximate surface area is 195 Å². The highest BCUT2D eigenvalue weighted by Crippen LogP contribution is 2.37. The number of nitrogens with zero attached hydrogens (tertiary/aromatic N) is 2. The number of aromatic nitrogens is 2. The van der Waals surface area contributed by atoms with Crippen molar-refractivity contribution in [1.82, 2.24) is 9.55 Å².